The van der Waals surface area contributed by atoms with Gasteiger partial charge < -0.3 is 16.0 Å². The third kappa shape index (κ3) is 3.85. The molecule has 1 saturated carbocycles. The van der Waals surface area contributed by atoms with Crippen molar-refractivity contribution in [2.45, 2.75) is 63.5 Å². The van der Waals surface area contributed by atoms with Crippen LogP contribution >= 0.6 is 12.4 Å². The third-order valence-electron chi connectivity index (χ3n) is 4.38. The molecule has 5 nitrogen and oxygen atoms in total. The highest BCUT2D eigenvalue weighted by Crippen LogP contribution is 2.26. The van der Waals surface area contributed by atoms with E-state index in [0.717, 1.165) is 38.6 Å². The van der Waals surface area contributed by atoms with Gasteiger partial charge in [0, 0.05) is 25.6 Å². The number of hydrogen-bond donors (Lipinski definition) is 2. The van der Waals surface area contributed by atoms with Crippen molar-refractivity contribution in [3.05, 3.63) is 0 Å². The molecule has 0 aromatic carbocycles. The molecule has 2 aliphatic rings. The number of hydrogen-bond acceptors (Lipinski definition) is 3. The normalized spacial score (nSPS) is 24.9. The summed E-state index contributed by atoms with van der Waals surface area (Å²) in [4.78, 5) is 25.7. The average molecular weight is 304 g/mol. The van der Waals surface area contributed by atoms with Gasteiger partial charge >= 0.3 is 0 Å². The minimum atomic E-state index is -0.680. The number of carbonyl (C=O) groups excluding carboxylic acids is 2. The van der Waals surface area contributed by atoms with Crippen molar-refractivity contribution < 1.29 is 9.59 Å². The summed E-state index contributed by atoms with van der Waals surface area (Å²) < 4.78 is 0. The Kier molecular flexibility index (Phi) is 6.27. The molecule has 1 heterocycles. The van der Waals surface area contributed by atoms with E-state index >= 15 is 0 Å². The number of rotatable bonds is 3. The monoisotopic (exact) mass is 303 g/mol. The van der Waals surface area contributed by atoms with Crippen LogP contribution in [0.3, 0.4) is 0 Å². The first-order valence-electron chi connectivity index (χ1n) is 7.43. The fraction of sp³-hybridized carbons (Fsp3) is 0.857. The maximum atomic E-state index is 12.3. The second-order valence-electron chi connectivity index (χ2n) is 5.87. The van der Waals surface area contributed by atoms with Gasteiger partial charge in [-0.15, -0.1) is 12.4 Å². The topological polar surface area (TPSA) is 75.4 Å². The van der Waals surface area contributed by atoms with Gasteiger partial charge in [-0.05, 0) is 19.3 Å². The number of amides is 2. The minimum absolute atomic E-state index is 0. The van der Waals surface area contributed by atoms with Crippen LogP contribution in [-0.4, -0.2) is 41.4 Å². The van der Waals surface area contributed by atoms with Gasteiger partial charge in [-0.25, -0.2) is 0 Å². The highest BCUT2D eigenvalue weighted by Gasteiger charge is 2.37. The summed E-state index contributed by atoms with van der Waals surface area (Å²) in [6, 6.07) is 0.0744. The lowest BCUT2D eigenvalue weighted by atomic mass is 9.82. The van der Waals surface area contributed by atoms with Gasteiger partial charge in [0.2, 0.25) is 11.8 Å². The predicted molar refractivity (Wildman–Crippen MR) is 80.7 cm³/mol. The minimum Gasteiger partial charge on any atom is -0.350 e. The number of nitrogens with two attached hydrogens (primary N) is 1. The van der Waals surface area contributed by atoms with Crippen LogP contribution in [-0.2, 0) is 9.59 Å². The molecule has 2 rings (SSSR count). The number of nitrogens with zero attached hydrogens (tertiary/aromatic N) is 1. The van der Waals surface area contributed by atoms with Gasteiger partial charge in [0.05, 0.1) is 5.54 Å². The molecule has 0 radical (unpaired) electrons. The summed E-state index contributed by atoms with van der Waals surface area (Å²) in [6.45, 7) is 3.24. The molecule has 6 heteroatoms. The van der Waals surface area contributed by atoms with Gasteiger partial charge in [-0.3, -0.25) is 9.59 Å². The highest BCUT2D eigenvalue weighted by molar-refractivity contribution is 5.86. The molecule has 0 aromatic rings. The second-order valence-corrected chi connectivity index (χ2v) is 5.87. The van der Waals surface area contributed by atoms with Gasteiger partial charge in [-0.2, -0.15) is 0 Å². The van der Waals surface area contributed by atoms with Crippen LogP contribution in [0.15, 0.2) is 0 Å². The number of nitrogens with one attached hydrogen (secondary N) is 1. The zero-order chi connectivity index (χ0) is 13.9. The fourth-order valence-electron chi connectivity index (χ4n) is 3.07. The van der Waals surface area contributed by atoms with Crippen LogP contribution in [0.4, 0.5) is 0 Å². The summed E-state index contributed by atoms with van der Waals surface area (Å²) in [6.07, 6.45) is 6.18. The molecule has 1 aliphatic heterocycles. The molecule has 2 fully saturated rings. The van der Waals surface area contributed by atoms with E-state index in [1.165, 1.54) is 6.42 Å². The Balaban J connectivity index is 0.00000200. The predicted octanol–water partition coefficient (Wildman–Crippen LogP) is 1.20. The zero-order valence-corrected chi connectivity index (χ0v) is 13.0. The van der Waals surface area contributed by atoms with Crippen LogP contribution < -0.4 is 11.1 Å². The standard InChI is InChI=1S/C14H25N3O2.ClH/c1-2-12(18)17-9-6-11(10-17)16-13(19)14(15)7-4-3-5-8-14;/h11H,2-10,15H2,1H3,(H,16,19);1H. The molecule has 1 saturated heterocycles. The molecule has 0 spiro atoms. The van der Waals surface area contributed by atoms with Crippen molar-refractivity contribution >= 4 is 24.2 Å². The smallest absolute Gasteiger partial charge is 0.240 e. The molecule has 3 N–H and O–H groups in total. The number of carbonyl (C=O) groups is 2. The van der Waals surface area contributed by atoms with Crippen LogP contribution in [0.1, 0.15) is 51.9 Å². The molecule has 20 heavy (non-hydrogen) atoms. The first-order chi connectivity index (χ1) is 9.05. The first kappa shape index (κ1) is 17.2. The van der Waals surface area contributed by atoms with Crippen LogP contribution in [0, 0.1) is 0 Å². The molecule has 1 atom stereocenters. The van der Waals surface area contributed by atoms with E-state index in [9.17, 15) is 9.59 Å². The van der Waals surface area contributed by atoms with E-state index in [1.54, 1.807) is 0 Å². The number of halogens is 1. The summed E-state index contributed by atoms with van der Waals surface area (Å²) in [7, 11) is 0. The Morgan fingerprint density at radius 3 is 2.55 bits per heavy atom. The Labute approximate surface area is 127 Å². The second kappa shape index (κ2) is 7.27. The number of likely N-dealkylation sites (tertiary alicyclic amines) is 1. The van der Waals surface area contributed by atoms with Gasteiger partial charge in [-0.1, -0.05) is 26.2 Å². The van der Waals surface area contributed by atoms with Crippen LogP contribution in [0.25, 0.3) is 0 Å². The SMILES string of the molecule is CCC(=O)N1CCC(NC(=O)C2(N)CCCCC2)C1.Cl. The third-order valence-corrected chi connectivity index (χ3v) is 4.38. The zero-order valence-electron chi connectivity index (χ0n) is 12.2. The lowest BCUT2D eigenvalue weighted by molar-refractivity contribution is -0.131. The molecule has 0 bridgehead atoms. The van der Waals surface area contributed by atoms with Crippen molar-refractivity contribution in [2.24, 2.45) is 5.73 Å². The molecule has 2 amide bonds. The van der Waals surface area contributed by atoms with Crippen molar-refractivity contribution in [1.82, 2.24) is 10.2 Å². The Morgan fingerprint density at radius 2 is 1.95 bits per heavy atom. The Morgan fingerprint density at radius 1 is 1.30 bits per heavy atom. The Bertz CT molecular complexity index is 356. The van der Waals surface area contributed by atoms with Gasteiger partial charge in [0.1, 0.15) is 0 Å². The van der Waals surface area contributed by atoms with E-state index in [-0.39, 0.29) is 30.3 Å². The van der Waals surface area contributed by atoms with Gasteiger partial charge in [0.15, 0.2) is 0 Å². The molecule has 1 unspecified atom stereocenters. The summed E-state index contributed by atoms with van der Waals surface area (Å²) in [5.41, 5.74) is 5.53. The lowest BCUT2D eigenvalue weighted by Gasteiger charge is -2.33. The van der Waals surface area contributed by atoms with E-state index < -0.39 is 5.54 Å². The molecule has 0 aromatic heterocycles. The maximum absolute atomic E-state index is 12.3. The van der Waals surface area contributed by atoms with E-state index in [2.05, 4.69) is 5.32 Å². The summed E-state index contributed by atoms with van der Waals surface area (Å²) >= 11 is 0. The highest BCUT2D eigenvalue weighted by atomic mass is 35.5. The van der Waals surface area contributed by atoms with Crippen molar-refractivity contribution in [3.63, 3.8) is 0 Å². The molecule has 116 valence electrons. The Hall–Kier alpha value is -0.810. The molecular formula is C14H26ClN3O2. The van der Waals surface area contributed by atoms with Crippen LogP contribution in [0.5, 0.6) is 0 Å². The molecule has 1 aliphatic carbocycles. The largest absolute Gasteiger partial charge is 0.350 e. The summed E-state index contributed by atoms with van der Waals surface area (Å²) in [5, 5.41) is 3.04. The van der Waals surface area contributed by atoms with E-state index in [1.807, 2.05) is 11.8 Å². The quantitative estimate of drug-likeness (QED) is 0.822. The van der Waals surface area contributed by atoms with Crippen molar-refractivity contribution in [1.29, 1.82) is 0 Å². The van der Waals surface area contributed by atoms with Crippen molar-refractivity contribution in [3.8, 4) is 0 Å². The fourth-order valence-corrected chi connectivity index (χ4v) is 3.07. The van der Waals surface area contributed by atoms with E-state index in [4.69, 9.17) is 5.73 Å². The maximum Gasteiger partial charge on any atom is 0.240 e. The van der Waals surface area contributed by atoms with Crippen LogP contribution in [0.2, 0.25) is 0 Å². The summed E-state index contributed by atoms with van der Waals surface area (Å²) in [5.74, 6) is 0.139. The molecular weight excluding hydrogens is 278 g/mol. The van der Waals surface area contributed by atoms with Crippen molar-refractivity contribution in [2.75, 3.05) is 13.1 Å². The van der Waals surface area contributed by atoms with Gasteiger partial charge in [0.25, 0.3) is 0 Å². The lowest BCUT2D eigenvalue weighted by Crippen LogP contribution is -2.57. The first-order valence-corrected chi connectivity index (χ1v) is 7.43. The average Bonchev–Trinajstić information content (AvgIpc) is 2.87. The van der Waals surface area contributed by atoms with E-state index in [0.29, 0.717) is 13.0 Å².